The molecule has 1 aliphatic rings. The van der Waals surface area contributed by atoms with Crippen molar-refractivity contribution in [2.75, 3.05) is 27.2 Å². The third-order valence-electron chi connectivity index (χ3n) is 5.05. The number of sulfonamides is 1. The van der Waals surface area contributed by atoms with E-state index in [0.717, 1.165) is 5.56 Å². The monoisotopic (exact) mass is 432 g/mol. The van der Waals surface area contributed by atoms with E-state index in [1.54, 1.807) is 31.2 Å². The van der Waals surface area contributed by atoms with Gasteiger partial charge in [-0.25, -0.2) is 8.42 Å². The molecule has 0 radical (unpaired) electrons. The normalized spacial score (nSPS) is 20.0. The molecule has 1 fully saturated rings. The van der Waals surface area contributed by atoms with E-state index < -0.39 is 10.0 Å². The molecule has 0 spiro atoms. The SMILES string of the molecule is COc1ccccc1CN(C)C(=O)c1cccc(S(=O)(=O)N2C[C@H](C)O[C@@H](C)C2)c1. The first-order valence-corrected chi connectivity index (χ1v) is 11.3. The summed E-state index contributed by atoms with van der Waals surface area (Å²) in [6, 6.07) is 13.7. The van der Waals surface area contributed by atoms with Crippen molar-refractivity contribution in [3.63, 3.8) is 0 Å². The molecule has 2 aromatic carbocycles. The van der Waals surface area contributed by atoms with Gasteiger partial charge in [-0.2, -0.15) is 4.31 Å². The van der Waals surface area contributed by atoms with Crippen LogP contribution in [0.15, 0.2) is 53.4 Å². The van der Waals surface area contributed by atoms with Crippen LogP contribution < -0.4 is 4.74 Å². The predicted molar refractivity (Wildman–Crippen MR) is 114 cm³/mol. The first-order chi connectivity index (χ1) is 14.2. The van der Waals surface area contributed by atoms with Crippen LogP contribution in [0.2, 0.25) is 0 Å². The standard InChI is InChI=1S/C22H28N2O5S/c1-16-13-24(14-17(2)29-16)30(26,27)20-10-7-9-18(12-20)22(25)23(3)15-19-8-5-6-11-21(19)28-4/h5-12,16-17H,13-15H2,1-4H3/t16-,17-/m0/s1. The van der Waals surface area contributed by atoms with Gasteiger partial charge in [-0.1, -0.05) is 24.3 Å². The summed E-state index contributed by atoms with van der Waals surface area (Å²) in [7, 11) is -0.449. The number of amides is 1. The first-order valence-electron chi connectivity index (χ1n) is 9.85. The van der Waals surface area contributed by atoms with Crippen LogP contribution in [0.4, 0.5) is 0 Å². The van der Waals surface area contributed by atoms with E-state index in [1.165, 1.54) is 16.4 Å². The molecule has 0 N–H and O–H groups in total. The van der Waals surface area contributed by atoms with Gasteiger partial charge in [-0.3, -0.25) is 4.79 Å². The van der Waals surface area contributed by atoms with E-state index in [2.05, 4.69) is 0 Å². The van der Waals surface area contributed by atoms with Gasteiger partial charge in [0, 0.05) is 37.8 Å². The molecule has 0 unspecified atom stereocenters. The van der Waals surface area contributed by atoms with Crippen molar-refractivity contribution in [1.29, 1.82) is 0 Å². The van der Waals surface area contributed by atoms with Gasteiger partial charge < -0.3 is 14.4 Å². The van der Waals surface area contributed by atoms with E-state index in [0.29, 0.717) is 30.9 Å². The van der Waals surface area contributed by atoms with E-state index >= 15 is 0 Å². The van der Waals surface area contributed by atoms with Crippen LogP contribution in [-0.4, -0.2) is 63.0 Å². The van der Waals surface area contributed by atoms with Crippen LogP contribution >= 0.6 is 0 Å². The Kier molecular flexibility index (Phi) is 6.80. The fourth-order valence-electron chi connectivity index (χ4n) is 3.65. The maximum Gasteiger partial charge on any atom is 0.253 e. The van der Waals surface area contributed by atoms with Crippen LogP contribution in [0.3, 0.4) is 0 Å². The van der Waals surface area contributed by atoms with Crippen LogP contribution in [-0.2, 0) is 21.3 Å². The lowest BCUT2D eigenvalue weighted by Crippen LogP contribution is -2.48. The van der Waals surface area contributed by atoms with Gasteiger partial charge in [0.05, 0.1) is 24.2 Å². The summed E-state index contributed by atoms with van der Waals surface area (Å²) in [4.78, 5) is 14.6. The van der Waals surface area contributed by atoms with E-state index in [9.17, 15) is 13.2 Å². The van der Waals surface area contributed by atoms with Crippen molar-refractivity contribution >= 4 is 15.9 Å². The topological polar surface area (TPSA) is 76.2 Å². The lowest BCUT2D eigenvalue weighted by Gasteiger charge is -2.34. The number of carbonyl (C=O) groups is 1. The van der Waals surface area contributed by atoms with Crippen LogP contribution in [0.1, 0.15) is 29.8 Å². The summed E-state index contributed by atoms with van der Waals surface area (Å²) in [5, 5.41) is 0. The van der Waals surface area contributed by atoms with Crippen molar-refractivity contribution < 1.29 is 22.7 Å². The largest absolute Gasteiger partial charge is 0.496 e. The molecule has 2 atom stereocenters. The summed E-state index contributed by atoms with van der Waals surface area (Å²) in [5.41, 5.74) is 1.19. The number of hydrogen-bond acceptors (Lipinski definition) is 5. The predicted octanol–water partition coefficient (Wildman–Crippen LogP) is 2.77. The van der Waals surface area contributed by atoms with Crippen molar-refractivity contribution in [3.05, 3.63) is 59.7 Å². The molecule has 0 saturated carbocycles. The molecule has 1 aliphatic heterocycles. The van der Waals surface area contributed by atoms with E-state index in [4.69, 9.17) is 9.47 Å². The number of para-hydroxylation sites is 1. The Morgan fingerprint density at radius 3 is 2.47 bits per heavy atom. The van der Waals surface area contributed by atoms with E-state index in [-0.39, 0.29) is 23.0 Å². The number of hydrogen-bond donors (Lipinski definition) is 0. The maximum atomic E-state index is 13.1. The Morgan fingerprint density at radius 1 is 1.13 bits per heavy atom. The molecule has 1 amide bonds. The molecule has 2 aromatic rings. The second kappa shape index (κ2) is 9.16. The summed E-state index contributed by atoms with van der Waals surface area (Å²) in [6.07, 6.45) is -0.361. The fraction of sp³-hybridized carbons (Fsp3) is 0.409. The van der Waals surface area contributed by atoms with E-state index in [1.807, 2.05) is 38.1 Å². The summed E-state index contributed by atoms with van der Waals surface area (Å²) < 4.78 is 38.7. The molecule has 0 bridgehead atoms. The lowest BCUT2D eigenvalue weighted by molar-refractivity contribution is -0.0440. The molecule has 7 nitrogen and oxygen atoms in total. The molecule has 0 aromatic heterocycles. The van der Waals surface area contributed by atoms with Gasteiger partial charge in [-0.05, 0) is 38.1 Å². The van der Waals surface area contributed by atoms with Crippen molar-refractivity contribution in [1.82, 2.24) is 9.21 Å². The minimum atomic E-state index is -3.72. The Morgan fingerprint density at radius 2 is 1.80 bits per heavy atom. The van der Waals surface area contributed by atoms with Gasteiger partial charge >= 0.3 is 0 Å². The van der Waals surface area contributed by atoms with Gasteiger partial charge in [0.15, 0.2) is 0 Å². The summed E-state index contributed by atoms with van der Waals surface area (Å²) in [6.45, 7) is 4.63. The zero-order valence-electron chi connectivity index (χ0n) is 17.7. The van der Waals surface area contributed by atoms with Crippen LogP contribution in [0, 0.1) is 0 Å². The molecular weight excluding hydrogens is 404 g/mol. The average Bonchev–Trinajstić information content (AvgIpc) is 2.73. The third kappa shape index (κ3) is 4.83. The molecule has 8 heteroatoms. The zero-order chi connectivity index (χ0) is 21.9. The van der Waals surface area contributed by atoms with Crippen molar-refractivity contribution in [2.24, 2.45) is 0 Å². The second-order valence-electron chi connectivity index (χ2n) is 7.58. The molecule has 30 heavy (non-hydrogen) atoms. The lowest BCUT2D eigenvalue weighted by atomic mass is 10.1. The molecule has 162 valence electrons. The minimum Gasteiger partial charge on any atom is -0.496 e. The minimum absolute atomic E-state index is 0.111. The number of carbonyl (C=O) groups excluding carboxylic acids is 1. The number of morpholine rings is 1. The zero-order valence-corrected chi connectivity index (χ0v) is 18.6. The van der Waals surface area contributed by atoms with Crippen LogP contribution in [0.5, 0.6) is 5.75 Å². The highest BCUT2D eigenvalue weighted by atomic mass is 32.2. The number of ether oxygens (including phenoxy) is 2. The van der Waals surface area contributed by atoms with Crippen molar-refractivity contribution in [3.8, 4) is 5.75 Å². The Labute approximate surface area is 178 Å². The number of nitrogens with zero attached hydrogens (tertiary/aromatic N) is 2. The Balaban J connectivity index is 1.81. The van der Waals surface area contributed by atoms with Gasteiger partial charge in [-0.15, -0.1) is 0 Å². The van der Waals surface area contributed by atoms with Crippen LogP contribution in [0.25, 0.3) is 0 Å². The first kappa shape index (κ1) is 22.3. The number of rotatable bonds is 6. The summed E-state index contributed by atoms with van der Waals surface area (Å²) in [5.74, 6) is 0.436. The smallest absolute Gasteiger partial charge is 0.253 e. The molecule has 3 rings (SSSR count). The number of benzene rings is 2. The molecule has 0 aliphatic carbocycles. The van der Waals surface area contributed by atoms with Crippen molar-refractivity contribution in [2.45, 2.75) is 37.5 Å². The molecule has 1 heterocycles. The third-order valence-corrected chi connectivity index (χ3v) is 6.88. The Hall–Kier alpha value is -2.42. The molecular formula is C22H28N2O5S. The highest BCUT2D eigenvalue weighted by Crippen LogP contribution is 2.23. The van der Waals surface area contributed by atoms with Gasteiger partial charge in [0.25, 0.3) is 5.91 Å². The summed E-state index contributed by atoms with van der Waals surface area (Å²) >= 11 is 0. The fourth-order valence-corrected chi connectivity index (χ4v) is 5.28. The van der Waals surface area contributed by atoms with Gasteiger partial charge in [0.2, 0.25) is 10.0 Å². The maximum absolute atomic E-state index is 13.1. The quantitative estimate of drug-likeness (QED) is 0.702. The highest BCUT2D eigenvalue weighted by Gasteiger charge is 2.32. The average molecular weight is 433 g/mol. The Bertz CT molecular complexity index is 998. The number of methoxy groups -OCH3 is 1. The molecule has 1 saturated heterocycles. The second-order valence-corrected chi connectivity index (χ2v) is 9.52. The van der Waals surface area contributed by atoms with Gasteiger partial charge in [0.1, 0.15) is 5.75 Å². The highest BCUT2D eigenvalue weighted by molar-refractivity contribution is 7.89.